The van der Waals surface area contributed by atoms with Crippen molar-refractivity contribution in [3.8, 4) is 5.88 Å². The lowest BCUT2D eigenvalue weighted by molar-refractivity contribution is 0.393. The van der Waals surface area contributed by atoms with E-state index in [1.807, 2.05) is 12.1 Å². The van der Waals surface area contributed by atoms with E-state index in [0.717, 1.165) is 5.56 Å². The monoisotopic (exact) mass is 285 g/mol. The van der Waals surface area contributed by atoms with E-state index >= 15 is 0 Å². The van der Waals surface area contributed by atoms with E-state index in [-0.39, 0.29) is 10.6 Å². The van der Waals surface area contributed by atoms with Gasteiger partial charge in [-0.25, -0.2) is 4.98 Å². The summed E-state index contributed by atoms with van der Waals surface area (Å²) in [5.41, 5.74) is 0.868. The molecule has 0 aliphatic heterocycles. The van der Waals surface area contributed by atoms with Crippen molar-refractivity contribution >= 4 is 29.2 Å². The molecule has 18 heavy (non-hydrogen) atoms. The van der Waals surface area contributed by atoms with Crippen LogP contribution in [-0.2, 0) is 6.54 Å². The van der Waals surface area contributed by atoms with Gasteiger partial charge in [0, 0.05) is 18.3 Å². The normalized spacial score (nSPS) is 10.2. The molecule has 0 radical (unpaired) electrons. The smallest absolute Gasteiger partial charge is 0.228 e. The Labute approximate surface area is 113 Å². The number of nitrogens with one attached hydrogen (secondary N) is 1. The lowest BCUT2D eigenvalue weighted by Crippen LogP contribution is -2.06. The Bertz CT molecular complexity index is 531. The number of halogens is 2. The Morgan fingerprint density at radius 3 is 2.61 bits per heavy atom. The molecule has 8 heteroatoms. The second-order valence-electron chi connectivity index (χ2n) is 3.22. The van der Waals surface area contributed by atoms with Crippen LogP contribution in [0.2, 0.25) is 10.6 Å². The SMILES string of the molecule is COc1ncccc1CNc1nc(Cl)nc(Cl)n1. The molecule has 0 aliphatic rings. The number of hydrogen-bond donors (Lipinski definition) is 1. The largest absolute Gasteiger partial charge is 0.481 e. The topological polar surface area (TPSA) is 72.8 Å². The number of anilines is 1. The van der Waals surface area contributed by atoms with Gasteiger partial charge in [0.05, 0.1) is 7.11 Å². The van der Waals surface area contributed by atoms with Gasteiger partial charge in [-0.3, -0.25) is 0 Å². The molecule has 0 aliphatic carbocycles. The highest BCUT2D eigenvalue weighted by Crippen LogP contribution is 2.15. The molecule has 0 atom stereocenters. The minimum atomic E-state index is 0.0376. The summed E-state index contributed by atoms with van der Waals surface area (Å²) in [5.74, 6) is 0.835. The van der Waals surface area contributed by atoms with Crippen LogP contribution in [0.15, 0.2) is 18.3 Å². The molecule has 2 aromatic rings. The maximum Gasteiger partial charge on any atom is 0.228 e. The van der Waals surface area contributed by atoms with E-state index in [1.165, 1.54) is 0 Å². The van der Waals surface area contributed by atoms with Crippen LogP contribution in [-0.4, -0.2) is 27.0 Å². The van der Waals surface area contributed by atoms with Crippen molar-refractivity contribution in [2.75, 3.05) is 12.4 Å². The van der Waals surface area contributed by atoms with Gasteiger partial charge in [0.1, 0.15) is 0 Å². The molecule has 2 heterocycles. The second-order valence-corrected chi connectivity index (χ2v) is 3.90. The van der Waals surface area contributed by atoms with E-state index in [2.05, 4.69) is 25.3 Å². The number of nitrogens with zero attached hydrogens (tertiary/aromatic N) is 4. The maximum absolute atomic E-state index is 5.67. The van der Waals surface area contributed by atoms with Crippen LogP contribution >= 0.6 is 23.2 Å². The average molecular weight is 286 g/mol. The van der Waals surface area contributed by atoms with Crippen LogP contribution in [0.3, 0.4) is 0 Å². The Morgan fingerprint density at radius 2 is 1.94 bits per heavy atom. The van der Waals surface area contributed by atoms with Crippen molar-refractivity contribution in [1.82, 2.24) is 19.9 Å². The van der Waals surface area contributed by atoms with Crippen LogP contribution in [0, 0.1) is 0 Å². The Morgan fingerprint density at radius 1 is 1.22 bits per heavy atom. The van der Waals surface area contributed by atoms with Crippen molar-refractivity contribution in [3.63, 3.8) is 0 Å². The number of methoxy groups -OCH3 is 1. The molecule has 2 rings (SSSR count). The van der Waals surface area contributed by atoms with Gasteiger partial charge in [0.25, 0.3) is 0 Å². The van der Waals surface area contributed by atoms with E-state index in [1.54, 1.807) is 13.3 Å². The molecule has 0 bridgehead atoms. The Hall–Kier alpha value is -1.66. The standard InChI is InChI=1S/C10H9Cl2N5O/c1-18-7-6(3-2-4-13-7)5-14-10-16-8(11)15-9(12)17-10/h2-4H,5H2,1H3,(H,14,15,16,17). The summed E-state index contributed by atoms with van der Waals surface area (Å²) in [6.45, 7) is 0.438. The fourth-order valence-corrected chi connectivity index (χ4v) is 1.69. The first-order valence-corrected chi connectivity index (χ1v) is 5.73. The van der Waals surface area contributed by atoms with Gasteiger partial charge in [-0.05, 0) is 29.3 Å². The van der Waals surface area contributed by atoms with Gasteiger partial charge in [-0.1, -0.05) is 6.07 Å². The molecule has 0 saturated heterocycles. The quantitative estimate of drug-likeness (QED) is 0.928. The van der Waals surface area contributed by atoms with E-state index in [0.29, 0.717) is 18.4 Å². The van der Waals surface area contributed by atoms with Crippen LogP contribution in [0.1, 0.15) is 5.56 Å². The molecule has 6 nitrogen and oxygen atoms in total. The van der Waals surface area contributed by atoms with Gasteiger partial charge < -0.3 is 10.1 Å². The van der Waals surface area contributed by atoms with Crippen molar-refractivity contribution in [2.24, 2.45) is 0 Å². The van der Waals surface area contributed by atoms with Crippen LogP contribution in [0.25, 0.3) is 0 Å². The number of ether oxygens (including phenoxy) is 1. The highest BCUT2D eigenvalue weighted by atomic mass is 35.5. The fraction of sp³-hybridized carbons (Fsp3) is 0.200. The zero-order chi connectivity index (χ0) is 13.0. The molecular formula is C10H9Cl2N5O. The summed E-state index contributed by atoms with van der Waals surface area (Å²) in [7, 11) is 1.56. The fourth-order valence-electron chi connectivity index (χ4n) is 1.32. The molecule has 0 fully saturated rings. The first-order valence-electron chi connectivity index (χ1n) is 4.98. The molecule has 94 valence electrons. The average Bonchev–Trinajstić information content (AvgIpc) is 2.35. The van der Waals surface area contributed by atoms with Gasteiger partial charge in [0.2, 0.25) is 22.4 Å². The molecule has 0 amide bonds. The predicted octanol–water partition coefficient (Wildman–Crippen LogP) is 2.19. The zero-order valence-corrected chi connectivity index (χ0v) is 10.9. The lowest BCUT2D eigenvalue weighted by atomic mass is 10.3. The summed E-state index contributed by atoms with van der Waals surface area (Å²) in [5, 5.41) is 3.04. The van der Waals surface area contributed by atoms with Crippen molar-refractivity contribution in [3.05, 3.63) is 34.5 Å². The summed E-state index contributed by atoms with van der Waals surface area (Å²) in [6.07, 6.45) is 1.65. The van der Waals surface area contributed by atoms with Gasteiger partial charge >= 0.3 is 0 Å². The summed E-state index contributed by atoms with van der Waals surface area (Å²) < 4.78 is 5.12. The van der Waals surface area contributed by atoms with Gasteiger partial charge in [-0.15, -0.1) is 0 Å². The number of aromatic nitrogens is 4. The third-order valence-electron chi connectivity index (χ3n) is 2.06. The van der Waals surface area contributed by atoms with Crippen molar-refractivity contribution < 1.29 is 4.74 Å². The summed E-state index contributed by atoms with van der Waals surface area (Å²) in [6, 6.07) is 3.69. The summed E-state index contributed by atoms with van der Waals surface area (Å²) >= 11 is 11.3. The van der Waals surface area contributed by atoms with E-state index < -0.39 is 0 Å². The maximum atomic E-state index is 5.67. The van der Waals surface area contributed by atoms with Crippen LogP contribution in [0.4, 0.5) is 5.95 Å². The summed E-state index contributed by atoms with van der Waals surface area (Å²) in [4.78, 5) is 15.5. The first-order chi connectivity index (χ1) is 8.69. The van der Waals surface area contributed by atoms with Gasteiger partial charge in [-0.2, -0.15) is 15.0 Å². The highest BCUT2D eigenvalue weighted by molar-refractivity contribution is 6.31. The minimum absolute atomic E-state index is 0.0376. The second kappa shape index (κ2) is 5.79. The number of rotatable bonds is 4. The molecule has 0 unspecified atom stereocenters. The molecule has 0 saturated carbocycles. The van der Waals surface area contributed by atoms with Gasteiger partial charge in [0.15, 0.2) is 0 Å². The number of pyridine rings is 1. The molecular weight excluding hydrogens is 277 g/mol. The Balaban J connectivity index is 2.11. The Kier molecular flexibility index (Phi) is 4.11. The van der Waals surface area contributed by atoms with Crippen LogP contribution < -0.4 is 10.1 Å². The third-order valence-corrected chi connectivity index (χ3v) is 2.40. The molecule has 1 N–H and O–H groups in total. The van der Waals surface area contributed by atoms with Crippen molar-refractivity contribution in [2.45, 2.75) is 6.54 Å². The van der Waals surface area contributed by atoms with E-state index in [4.69, 9.17) is 27.9 Å². The molecule has 2 aromatic heterocycles. The van der Waals surface area contributed by atoms with Crippen molar-refractivity contribution in [1.29, 1.82) is 0 Å². The molecule has 0 aromatic carbocycles. The minimum Gasteiger partial charge on any atom is -0.481 e. The van der Waals surface area contributed by atoms with Crippen LogP contribution in [0.5, 0.6) is 5.88 Å². The van der Waals surface area contributed by atoms with E-state index in [9.17, 15) is 0 Å². The lowest BCUT2D eigenvalue weighted by Gasteiger charge is -2.08. The first kappa shape index (κ1) is 12.8. The highest BCUT2D eigenvalue weighted by Gasteiger charge is 2.06. The number of hydrogen-bond acceptors (Lipinski definition) is 6. The molecule has 0 spiro atoms. The predicted molar refractivity (Wildman–Crippen MR) is 68.0 cm³/mol. The third kappa shape index (κ3) is 3.18. The zero-order valence-electron chi connectivity index (χ0n) is 9.39.